The zero-order valence-corrected chi connectivity index (χ0v) is 12.1. The summed E-state index contributed by atoms with van der Waals surface area (Å²) in [5.74, 6) is 0.181. The van der Waals surface area contributed by atoms with E-state index in [1.165, 1.54) is 0 Å². The van der Waals surface area contributed by atoms with Crippen molar-refractivity contribution in [2.75, 3.05) is 5.32 Å². The Hall–Kier alpha value is -1.22. The molecule has 2 nitrogen and oxygen atoms in total. The maximum atomic E-state index is 12.0. The molecule has 0 heterocycles. The summed E-state index contributed by atoms with van der Waals surface area (Å²) in [6.45, 7) is 0. The normalized spacial score (nSPS) is 10.3. The number of alkyl halides is 1. The van der Waals surface area contributed by atoms with Crippen LogP contribution in [0.3, 0.4) is 0 Å². The van der Waals surface area contributed by atoms with Crippen LogP contribution in [0.1, 0.15) is 15.9 Å². The van der Waals surface area contributed by atoms with Gasteiger partial charge < -0.3 is 5.32 Å². The van der Waals surface area contributed by atoms with Crippen molar-refractivity contribution >= 4 is 46.4 Å². The van der Waals surface area contributed by atoms with Crippen LogP contribution < -0.4 is 5.32 Å². The number of halogens is 3. The van der Waals surface area contributed by atoms with E-state index >= 15 is 0 Å². The fraction of sp³-hybridized carbons (Fsp3) is 0.0714. The Morgan fingerprint density at radius 1 is 1.00 bits per heavy atom. The molecule has 0 fully saturated rings. The Morgan fingerprint density at radius 2 is 1.58 bits per heavy atom. The third kappa shape index (κ3) is 3.87. The van der Waals surface area contributed by atoms with Gasteiger partial charge in [0.15, 0.2) is 0 Å². The van der Waals surface area contributed by atoms with E-state index in [0.717, 1.165) is 5.56 Å². The highest BCUT2D eigenvalue weighted by Gasteiger charge is 2.08. The van der Waals surface area contributed by atoms with E-state index in [2.05, 4.69) is 5.32 Å². The summed E-state index contributed by atoms with van der Waals surface area (Å²) in [7, 11) is 0. The minimum atomic E-state index is -0.261. The van der Waals surface area contributed by atoms with Gasteiger partial charge in [0.05, 0.1) is 0 Å². The molecule has 0 unspecified atom stereocenters. The molecule has 0 aromatic heterocycles. The average Bonchev–Trinajstić information content (AvgIpc) is 2.38. The van der Waals surface area contributed by atoms with Gasteiger partial charge in [-0.1, -0.05) is 35.3 Å². The van der Waals surface area contributed by atoms with Crippen LogP contribution in [0.25, 0.3) is 0 Å². The Balaban J connectivity index is 2.15. The van der Waals surface area contributed by atoms with Crippen LogP contribution in [-0.4, -0.2) is 5.91 Å². The second kappa shape index (κ2) is 6.29. The van der Waals surface area contributed by atoms with E-state index in [9.17, 15) is 4.79 Å². The van der Waals surface area contributed by atoms with E-state index in [1.54, 1.807) is 30.3 Å². The van der Waals surface area contributed by atoms with Crippen molar-refractivity contribution in [2.24, 2.45) is 0 Å². The molecule has 2 aromatic rings. The third-order valence-electron chi connectivity index (χ3n) is 2.49. The molecule has 1 amide bonds. The van der Waals surface area contributed by atoms with Crippen molar-refractivity contribution in [1.82, 2.24) is 0 Å². The van der Waals surface area contributed by atoms with Gasteiger partial charge in [-0.05, 0) is 35.9 Å². The lowest BCUT2D eigenvalue weighted by Gasteiger charge is -2.06. The lowest BCUT2D eigenvalue weighted by atomic mass is 10.2. The van der Waals surface area contributed by atoms with E-state index in [0.29, 0.717) is 27.2 Å². The molecule has 2 aromatic carbocycles. The highest BCUT2D eigenvalue weighted by atomic mass is 35.5. The molecule has 0 saturated heterocycles. The molecule has 0 aliphatic rings. The number of hydrogen-bond acceptors (Lipinski definition) is 1. The quantitative estimate of drug-likeness (QED) is 0.795. The molecule has 5 heteroatoms. The molecule has 19 heavy (non-hydrogen) atoms. The second-order valence-corrected chi connectivity index (χ2v) is 5.08. The molecule has 0 radical (unpaired) electrons. The van der Waals surface area contributed by atoms with Crippen LogP contribution in [0, 0.1) is 0 Å². The molecular formula is C14H10Cl3NO. The van der Waals surface area contributed by atoms with Crippen molar-refractivity contribution < 1.29 is 4.79 Å². The van der Waals surface area contributed by atoms with Crippen molar-refractivity contribution in [3.63, 3.8) is 0 Å². The molecule has 0 atom stereocenters. The number of nitrogens with one attached hydrogen (secondary N) is 1. The summed E-state index contributed by atoms with van der Waals surface area (Å²) in [5, 5.41) is 3.62. The largest absolute Gasteiger partial charge is 0.322 e. The van der Waals surface area contributed by atoms with Crippen molar-refractivity contribution in [3.05, 3.63) is 63.6 Å². The van der Waals surface area contributed by atoms with Crippen LogP contribution in [0.5, 0.6) is 0 Å². The number of carbonyl (C=O) groups is 1. The van der Waals surface area contributed by atoms with Gasteiger partial charge in [0, 0.05) is 27.2 Å². The van der Waals surface area contributed by atoms with Gasteiger partial charge in [0.2, 0.25) is 0 Å². The monoisotopic (exact) mass is 313 g/mol. The molecule has 0 spiro atoms. The number of benzene rings is 2. The summed E-state index contributed by atoms with van der Waals surface area (Å²) in [5.41, 5.74) is 2.10. The summed E-state index contributed by atoms with van der Waals surface area (Å²) < 4.78 is 0. The van der Waals surface area contributed by atoms with Gasteiger partial charge in [-0.3, -0.25) is 4.79 Å². The fourth-order valence-electron chi connectivity index (χ4n) is 1.57. The van der Waals surface area contributed by atoms with E-state index in [4.69, 9.17) is 34.8 Å². The number of amides is 1. The Bertz CT molecular complexity index is 576. The molecule has 1 N–H and O–H groups in total. The lowest BCUT2D eigenvalue weighted by molar-refractivity contribution is 0.102. The van der Waals surface area contributed by atoms with Crippen LogP contribution in [-0.2, 0) is 5.88 Å². The molecule has 0 saturated carbocycles. The van der Waals surface area contributed by atoms with Crippen LogP contribution in [0.15, 0.2) is 42.5 Å². The molecule has 98 valence electrons. The first kappa shape index (κ1) is 14.2. The lowest BCUT2D eigenvalue weighted by Crippen LogP contribution is -2.11. The summed E-state index contributed by atoms with van der Waals surface area (Å²) in [6.07, 6.45) is 0. The van der Waals surface area contributed by atoms with E-state index in [1.807, 2.05) is 12.1 Å². The van der Waals surface area contributed by atoms with Gasteiger partial charge in [-0.2, -0.15) is 0 Å². The second-order valence-electron chi connectivity index (χ2n) is 3.94. The smallest absolute Gasteiger partial charge is 0.255 e. The first-order valence-electron chi connectivity index (χ1n) is 5.51. The zero-order valence-electron chi connectivity index (χ0n) is 9.79. The first-order chi connectivity index (χ1) is 9.08. The van der Waals surface area contributed by atoms with Crippen molar-refractivity contribution in [3.8, 4) is 0 Å². The Morgan fingerprint density at radius 3 is 2.11 bits per heavy atom. The summed E-state index contributed by atoms with van der Waals surface area (Å²) in [4.78, 5) is 12.0. The van der Waals surface area contributed by atoms with Crippen LogP contribution in [0.2, 0.25) is 10.0 Å². The topological polar surface area (TPSA) is 29.1 Å². The van der Waals surface area contributed by atoms with E-state index < -0.39 is 0 Å². The fourth-order valence-corrected chi connectivity index (χ4v) is 2.27. The van der Waals surface area contributed by atoms with Gasteiger partial charge >= 0.3 is 0 Å². The van der Waals surface area contributed by atoms with Crippen LogP contribution >= 0.6 is 34.8 Å². The zero-order chi connectivity index (χ0) is 13.8. The Kier molecular flexibility index (Phi) is 4.70. The molecule has 2 rings (SSSR count). The average molecular weight is 315 g/mol. The third-order valence-corrected chi connectivity index (χ3v) is 3.24. The predicted molar refractivity (Wildman–Crippen MR) is 80.4 cm³/mol. The highest BCUT2D eigenvalue weighted by Crippen LogP contribution is 2.20. The standard InChI is InChI=1S/C14H10Cl3NO/c15-8-9-1-3-13(4-2-9)18-14(19)10-5-11(16)7-12(17)6-10/h1-7H,8H2,(H,18,19). The number of rotatable bonds is 3. The minimum absolute atomic E-state index is 0.261. The van der Waals surface area contributed by atoms with E-state index in [-0.39, 0.29) is 5.91 Å². The highest BCUT2D eigenvalue weighted by molar-refractivity contribution is 6.35. The summed E-state index contributed by atoms with van der Waals surface area (Å²) >= 11 is 17.4. The number of hydrogen-bond donors (Lipinski definition) is 1. The number of carbonyl (C=O) groups excluding carboxylic acids is 1. The van der Waals surface area contributed by atoms with Crippen LogP contribution in [0.4, 0.5) is 5.69 Å². The van der Waals surface area contributed by atoms with Gasteiger partial charge in [-0.15, -0.1) is 11.6 Å². The maximum Gasteiger partial charge on any atom is 0.255 e. The Labute approximate surface area is 126 Å². The molecular weight excluding hydrogens is 305 g/mol. The van der Waals surface area contributed by atoms with Gasteiger partial charge in [-0.25, -0.2) is 0 Å². The minimum Gasteiger partial charge on any atom is -0.322 e. The SMILES string of the molecule is O=C(Nc1ccc(CCl)cc1)c1cc(Cl)cc(Cl)c1. The van der Waals surface area contributed by atoms with Gasteiger partial charge in [0.25, 0.3) is 5.91 Å². The predicted octanol–water partition coefficient (Wildman–Crippen LogP) is 4.98. The van der Waals surface area contributed by atoms with Crippen molar-refractivity contribution in [1.29, 1.82) is 0 Å². The van der Waals surface area contributed by atoms with Crippen molar-refractivity contribution in [2.45, 2.75) is 5.88 Å². The van der Waals surface area contributed by atoms with Gasteiger partial charge in [0.1, 0.15) is 0 Å². The summed E-state index contributed by atoms with van der Waals surface area (Å²) in [6, 6.07) is 12.0. The molecule has 0 aliphatic carbocycles. The molecule has 0 bridgehead atoms. The maximum absolute atomic E-state index is 12.0. The first-order valence-corrected chi connectivity index (χ1v) is 6.80. The molecule has 0 aliphatic heterocycles. The number of anilines is 1.